The van der Waals surface area contributed by atoms with Crippen LogP contribution in [0, 0.1) is 6.92 Å². The Labute approximate surface area is 125 Å². The van der Waals surface area contributed by atoms with E-state index in [1.54, 1.807) is 0 Å². The van der Waals surface area contributed by atoms with Gasteiger partial charge in [-0.2, -0.15) is 13.2 Å². The molecule has 0 bridgehead atoms. The second-order valence-electron chi connectivity index (χ2n) is 4.57. The van der Waals surface area contributed by atoms with E-state index in [2.05, 4.69) is 15.4 Å². The predicted molar refractivity (Wildman–Crippen MR) is 73.0 cm³/mol. The van der Waals surface area contributed by atoms with Gasteiger partial charge in [0.15, 0.2) is 6.61 Å². The highest BCUT2D eigenvalue weighted by atomic mass is 19.4. The number of hydrogen-bond acceptors (Lipinski definition) is 3. The zero-order chi connectivity index (χ0) is 16.6. The molecule has 5 nitrogen and oxygen atoms in total. The van der Waals surface area contributed by atoms with Crippen molar-refractivity contribution < 1.29 is 27.5 Å². The van der Waals surface area contributed by atoms with E-state index in [0.29, 0.717) is 6.54 Å². The van der Waals surface area contributed by atoms with Crippen LogP contribution in [-0.4, -0.2) is 31.3 Å². The van der Waals surface area contributed by atoms with Gasteiger partial charge in [-0.05, 0) is 18.1 Å². The van der Waals surface area contributed by atoms with Gasteiger partial charge in [0.2, 0.25) is 5.91 Å². The molecular formula is C14H17F3N2O3. The summed E-state index contributed by atoms with van der Waals surface area (Å²) in [4.78, 5) is 22.5. The summed E-state index contributed by atoms with van der Waals surface area (Å²) in [7, 11) is 0. The topological polar surface area (TPSA) is 67.4 Å². The normalized spacial score (nSPS) is 10.9. The lowest BCUT2D eigenvalue weighted by atomic mass is 10.1. The third-order valence-corrected chi connectivity index (χ3v) is 2.73. The number of alkyl carbamates (subject to hydrolysis) is 1. The lowest BCUT2D eigenvalue weighted by Gasteiger charge is -2.10. The van der Waals surface area contributed by atoms with Crippen LogP contribution in [0.3, 0.4) is 0 Å². The zero-order valence-electron chi connectivity index (χ0n) is 12.0. The molecule has 1 aromatic carbocycles. The largest absolute Gasteiger partial charge is 0.440 e. The SMILES string of the molecule is Cc1ccccc1CNC(=O)CCNC(=O)OCC(F)(F)F. The van der Waals surface area contributed by atoms with E-state index in [4.69, 9.17) is 0 Å². The van der Waals surface area contributed by atoms with Gasteiger partial charge < -0.3 is 15.4 Å². The van der Waals surface area contributed by atoms with Gasteiger partial charge in [0.25, 0.3) is 0 Å². The second-order valence-corrected chi connectivity index (χ2v) is 4.57. The Morgan fingerprint density at radius 1 is 1.18 bits per heavy atom. The van der Waals surface area contributed by atoms with Crippen molar-refractivity contribution in [3.8, 4) is 0 Å². The van der Waals surface area contributed by atoms with Gasteiger partial charge in [-0.3, -0.25) is 4.79 Å². The average molecular weight is 318 g/mol. The van der Waals surface area contributed by atoms with Crippen molar-refractivity contribution in [2.24, 2.45) is 0 Å². The molecule has 0 spiro atoms. The van der Waals surface area contributed by atoms with Gasteiger partial charge in [0, 0.05) is 19.5 Å². The van der Waals surface area contributed by atoms with Crippen molar-refractivity contribution in [2.45, 2.75) is 26.1 Å². The highest BCUT2D eigenvalue weighted by Gasteiger charge is 2.29. The van der Waals surface area contributed by atoms with Crippen LogP contribution in [0.25, 0.3) is 0 Å². The Hall–Kier alpha value is -2.25. The molecule has 0 saturated heterocycles. The molecule has 0 fully saturated rings. The molecule has 0 unspecified atom stereocenters. The van der Waals surface area contributed by atoms with Crippen LogP contribution in [0.4, 0.5) is 18.0 Å². The number of carbonyl (C=O) groups is 2. The van der Waals surface area contributed by atoms with Gasteiger partial charge in [0.1, 0.15) is 0 Å². The molecule has 8 heteroatoms. The van der Waals surface area contributed by atoms with Crippen LogP contribution >= 0.6 is 0 Å². The van der Waals surface area contributed by atoms with Crippen LogP contribution in [-0.2, 0) is 16.1 Å². The molecule has 0 aliphatic rings. The van der Waals surface area contributed by atoms with E-state index in [9.17, 15) is 22.8 Å². The molecule has 0 aliphatic heterocycles. The summed E-state index contributed by atoms with van der Waals surface area (Å²) in [6, 6.07) is 7.53. The highest BCUT2D eigenvalue weighted by molar-refractivity contribution is 5.77. The third-order valence-electron chi connectivity index (χ3n) is 2.73. The summed E-state index contributed by atoms with van der Waals surface area (Å²) in [5.41, 5.74) is 2.00. The predicted octanol–water partition coefficient (Wildman–Crippen LogP) is 2.29. The van der Waals surface area contributed by atoms with Crippen molar-refractivity contribution >= 4 is 12.0 Å². The van der Waals surface area contributed by atoms with Crippen molar-refractivity contribution in [3.05, 3.63) is 35.4 Å². The van der Waals surface area contributed by atoms with Crippen molar-refractivity contribution in [1.82, 2.24) is 10.6 Å². The quantitative estimate of drug-likeness (QED) is 0.845. The van der Waals surface area contributed by atoms with Crippen molar-refractivity contribution in [3.63, 3.8) is 0 Å². The lowest BCUT2D eigenvalue weighted by molar-refractivity contribution is -0.160. The van der Waals surface area contributed by atoms with E-state index in [1.165, 1.54) is 0 Å². The summed E-state index contributed by atoms with van der Waals surface area (Å²) in [5.74, 6) is -0.320. The number of hydrogen-bond donors (Lipinski definition) is 2. The number of carbonyl (C=O) groups excluding carboxylic acids is 2. The van der Waals surface area contributed by atoms with Gasteiger partial charge in [-0.25, -0.2) is 4.79 Å². The fourth-order valence-corrected chi connectivity index (χ4v) is 1.57. The molecule has 122 valence electrons. The number of aryl methyl sites for hydroxylation is 1. The molecule has 22 heavy (non-hydrogen) atoms. The minimum Gasteiger partial charge on any atom is -0.440 e. The summed E-state index contributed by atoms with van der Waals surface area (Å²) in [6.07, 6.45) is -5.82. The Morgan fingerprint density at radius 2 is 1.86 bits per heavy atom. The van der Waals surface area contributed by atoms with E-state index < -0.39 is 18.9 Å². The van der Waals surface area contributed by atoms with E-state index >= 15 is 0 Å². The average Bonchev–Trinajstić information content (AvgIpc) is 2.43. The minimum atomic E-state index is -4.57. The molecule has 0 atom stereocenters. The summed E-state index contributed by atoms with van der Waals surface area (Å²) >= 11 is 0. The molecule has 0 radical (unpaired) electrons. The smallest absolute Gasteiger partial charge is 0.422 e. The number of halogens is 3. The maximum atomic E-state index is 11.8. The van der Waals surface area contributed by atoms with Gasteiger partial charge in [0.05, 0.1) is 0 Å². The summed E-state index contributed by atoms with van der Waals surface area (Å²) in [6.45, 7) is 0.512. The Kier molecular flexibility index (Phi) is 6.68. The van der Waals surface area contributed by atoms with Gasteiger partial charge in [-0.15, -0.1) is 0 Å². The number of nitrogens with one attached hydrogen (secondary N) is 2. The third kappa shape index (κ3) is 7.51. The maximum Gasteiger partial charge on any atom is 0.422 e. The summed E-state index contributed by atoms with van der Waals surface area (Å²) < 4.78 is 39.3. The molecule has 0 saturated carbocycles. The molecule has 1 rings (SSSR count). The fourth-order valence-electron chi connectivity index (χ4n) is 1.57. The van der Waals surface area contributed by atoms with Crippen molar-refractivity contribution in [2.75, 3.05) is 13.2 Å². The first-order chi connectivity index (χ1) is 10.3. The first-order valence-electron chi connectivity index (χ1n) is 6.56. The standard InChI is InChI=1S/C14H17F3N2O3/c1-10-4-2-3-5-11(10)8-19-12(20)6-7-18-13(21)22-9-14(15,16)17/h2-5H,6-9H2,1H3,(H,18,21)(H,19,20). The Balaban J connectivity index is 2.18. The molecule has 0 heterocycles. The minimum absolute atomic E-state index is 0.0486. The molecule has 0 aromatic heterocycles. The fraction of sp³-hybridized carbons (Fsp3) is 0.429. The van der Waals surface area contributed by atoms with Crippen LogP contribution in [0.5, 0.6) is 0 Å². The maximum absolute atomic E-state index is 11.8. The lowest BCUT2D eigenvalue weighted by Crippen LogP contribution is -2.32. The number of ether oxygens (including phenoxy) is 1. The van der Waals surface area contributed by atoms with Gasteiger partial charge >= 0.3 is 12.3 Å². The first kappa shape index (κ1) is 17.8. The van der Waals surface area contributed by atoms with Crippen LogP contribution in [0.1, 0.15) is 17.5 Å². The highest BCUT2D eigenvalue weighted by Crippen LogP contribution is 2.14. The summed E-state index contributed by atoms with van der Waals surface area (Å²) in [5, 5.41) is 4.73. The number of rotatable bonds is 6. The number of amides is 2. The van der Waals surface area contributed by atoms with Crippen LogP contribution < -0.4 is 10.6 Å². The monoisotopic (exact) mass is 318 g/mol. The van der Waals surface area contributed by atoms with Crippen LogP contribution in [0.2, 0.25) is 0 Å². The first-order valence-corrected chi connectivity index (χ1v) is 6.56. The van der Waals surface area contributed by atoms with E-state index in [1.807, 2.05) is 31.2 Å². The molecule has 2 amide bonds. The number of benzene rings is 1. The molecule has 1 aromatic rings. The van der Waals surface area contributed by atoms with E-state index in [-0.39, 0.29) is 18.9 Å². The van der Waals surface area contributed by atoms with Crippen LogP contribution in [0.15, 0.2) is 24.3 Å². The van der Waals surface area contributed by atoms with Crippen molar-refractivity contribution in [1.29, 1.82) is 0 Å². The van der Waals surface area contributed by atoms with Gasteiger partial charge in [-0.1, -0.05) is 24.3 Å². The van der Waals surface area contributed by atoms with E-state index in [0.717, 1.165) is 11.1 Å². The second kappa shape index (κ2) is 8.26. The zero-order valence-corrected chi connectivity index (χ0v) is 12.0. The Bertz CT molecular complexity index is 518. The molecule has 2 N–H and O–H groups in total. The Morgan fingerprint density at radius 3 is 2.50 bits per heavy atom. The number of alkyl halides is 3. The molecule has 0 aliphatic carbocycles. The molecular weight excluding hydrogens is 301 g/mol.